The first-order valence-corrected chi connectivity index (χ1v) is 7.74. The van der Waals surface area contributed by atoms with Gasteiger partial charge in [0.15, 0.2) is 5.78 Å². The number of hydrogen-bond donors (Lipinski definition) is 4. The molecule has 3 rings (SSSR count). The lowest BCUT2D eigenvalue weighted by Gasteiger charge is -2.45. The molecule has 1 aromatic carbocycles. The van der Waals surface area contributed by atoms with E-state index in [1.165, 1.54) is 47.9 Å². The van der Waals surface area contributed by atoms with E-state index in [4.69, 9.17) is 0 Å². The largest absolute Gasteiger partial charge is 0.508 e. The fraction of sp³-hybridized carbons (Fsp3) is 0.235. The van der Waals surface area contributed by atoms with Gasteiger partial charge in [0, 0.05) is 18.0 Å². The molecule has 0 radical (unpaired) electrons. The van der Waals surface area contributed by atoms with E-state index in [2.05, 4.69) is 10.3 Å². The number of alkyl halides is 3. The Bertz CT molecular complexity index is 858. The van der Waals surface area contributed by atoms with Gasteiger partial charge in [-0.05, 0) is 29.8 Å². The van der Waals surface area contributed by atoms with E-state index < -0.39 is 35.7 Å². The smallest absolute Gasteiger partial charge is 0.437 e. The number of phenols is 1. The van der Waals surface area contributed by atoms with Gasteiger partial charge in [-0.25, -0.2) is 4.79 Å². The highest BCUT2D eigenvalue weighted by atomic mass is 19.4. The van der Waals surface area contributed by atoms with E-state index in [1.54, 1.807) is 0 Å². The molecule has 1 aliphatic heterocycles. The average molecular weight is 381 g/mol. The summed E-state index contributed by atoms with van der Waals surface area (Å²) in [7, 11) is 0. The predicted molar refractivity (Wildman–Crippen MR) is 85.6 cm³/mol. The lowest BCUT2D eigenvalue weighted by Crippen LogP contribution is -2.72. The molecule has 0 saturated carbocycles. The molecule has 7 nitrogen and oxygen atoms in total. The zero-order valence-electron chi connectivity index (χ0n) is 13.6. The topological polar surface area (TPSA) is 112 Å². The van der Waals surface area contributed by atoms with Gasteiger partial charge in [0.1, 0.15) is 11.7 Å². The number of aromatic hydroxyl groups is 1. The van der Waals surface area contributed by atoms with Crippen molar-refractivity contribution in [3.8, 4) is 5.75 Å². The van der Waals surface area contributed by atoms with E-state index in [0.29, 0.717) is 0 Å². The first-order chi connectivity index (χ1) is 12.6. The maximum Gasteiger partial charge on any atom is 0.437 e. The van der Waals surface area contributed by atoms with Crippen molar-refractivity contribution in [3.63, 3.8) is 0 Å². The van der Waals surface area contributed by atoms with E-state index in [0.717, 1.165) is 6.20 Å². The molecule has 0 unspecified atom stereocenters. The summed E-state index contributed by atoms with van der Waals surface area (Å²) in [5.41, 5.74) is -3.86. The molecule has 10 heteroatoms. The van der Waals surface area contributed by atoms with Crippen molar-refractivity contribution in [2.75, 3.05) is 0 Å². The first kappa shape index (κ1) is 18.6. The Labute approximate surface area is 150 Å². The highest BCUT2D eigenvalue weighted by molar-refractivity contribution is 6.00. The van der Waals surface area contributed by atoms with Crippen molar-refractivity contribution < 1.29 is 33.0 Å². The zero-order valence-corrected chi connectivity index (χ0v) is 13.6. The highest BCUT2D eigenvalue weighted by Crippen LogP contribution is 2.44. The van der Waals surface area contributed by atoms with Gasteiger partial charge in [-0.2, -0.15) is 13.2 Å². The summed E-state index contributed by atoms with van der Waals surface area (Å²) >= 11 is 0. The molecule has 0 aliphatic carbocycles. The van der Waals surface area contributed by atoms with E-state index >= 15 is 0 Å². The minimum Gasteiger partial charge on any atom is -0.508 e. The fourth-order valence-corrected chi connectivity index (χ4v) is 2.99. The van der Waals surface area contributed by atoms with Crippen molar-refractivity contribution >= 4 is 11.8 Å². The van der Waals surface area contributed by atoms with Gasteiger partial charge in [-0.15, -0.1) is 0 Å². The number of Topliss-reactive ketones (excluding diaryl/α,β-unsaturated/α-hetero) is 1. The van der Waals surface area contributed by atoms with Crippen LogP contribution < -0.4 is 10.6 Å². The van der Waals surface area contributed by atoms with Crippen LogP contribution in [-0.2, 0) is 0 Å². The number of ketones is 1. The summed E-state index contributed by atoms with van der Waals surface area (Å²) in [5, 5.41) is 23.4. The molecular weight excluding hydrogens is 367 g/mol. The van der Waals surface area contributed by atoms with Crippen LogP contribution in [0.5, 0.6) is 5.75 Å². The van der Waals surface area contributed by atoms with Gasteiger partial charge in [-0.1, -0.05) is 12.1 Å². The Balaban J connectivity index is 2.15. The maximum absolute atomic E-state index is 13.7. The quantitative estimate of drug-likeness (QED) is 0.607. The van der Waals surface area contributed by atoms with Crippen LogP contribution in [0, 0.1) is 5.92 Å². The third kappa shape index (κ3) is 3.31. The summed E-state index contributed by atoms with van der Waals surface area (Å²) < 4.78 is 41.0. The summed E-state index contributed by atoms with van der Waals surface area (Å²) in [4.78, 5) is 28.4. The minimum atomic E-state index is -5.33. The number of nitrogens with one attached hydrogen (secondary N) is 2. The number of urea groups is 1. The molecule has 0 bridgehead atoms. The number of benzene rings is 1. The molecule has 1 aliphatic rings. The van der Waals surface area contributed by atoms with Crippen LogP contribution in [0.2, 0.25) is 0 Å². The number of rotatable bonds is 3. The number of nitrogens with zero attached hydrogens (tertiary/aromatic N) is 1. The van der Waals surface area contributed by atoms with Gasteiger partial charge in [0.2, 0.25) is 5.72 Å². The number of carbonyl (C=O) groups is 2. The van der Waals surface area contributed by atoms with Gasteiger partial charge in [0.05, 0.1) is 6.04 Å². The van der Waals surface area contributed by atoms with Crippen LogP contribution >= 0.6 is 0 Å². The van der Waals surface area contributed by atoms with E-state index in [1.807, 2.05) is 0 Å². The third-order valence-corrected chi connectivity index (χ3v) is 4.29. The van der Waals surface area contributed by atoms with Gasteiger partial charge < -0.3 is 20.8 Å². The first-order valence-electron chi connectivity index (χ1n) is 7.74. The molecule has 3 atom stereocenters. The molecule has 1 fully saturated rings. The second-order valence-electron chi connectivity index (χ2n) is 6.02. The van der Waals surface area contributed by atoms with Crippen molar-refractivity contribution in [1.29, 1.82) is 0 Å². The number of aromatic nitrogens is 1. The van der Waals surface area contributed by atoms with Crippen LogP contribution in [0.25, 0.3) is 0 Å². The number of phenolic OH excluding ortho intramolecular Hbond substituents is 1. The second-order valence-corrected chi connectivity index (χ2v) is 6.02. The Morgan fingerprint density at radius 2 is 1.85 bits per heavy atom. The van der Waals surface area contributed by atoms with Gasteiger partial charge in [0.25, 0.3) is 0 Å². The van der Waals surface area contributed by atoms with Crippen LogP contribution in [0.3, 0.4) is 0 Å². The predicted octanol–water partition coefficient (Wildman–Crippen LogP) is 1.89. The van der Waals surface area contributed by atoms with E-state index in [-0.39, 0.29) is 16.9 Å². The number of aliphatic hydroxyl groups is 1. The number of carbonyl (C=O) groups excluding carboxylic acids is 2. The molecule has 1 saturated heterocycles. The lowest BCUT2D eigenvalue weighted by atomic mass is 9.77. The van der Waals surface area contributed by atoms with Crippen molar-refractivity contribution in [2.24, 2.45) is 5.92 Å². The molecule has 1 aromatic heterocycles. The average Bonchev–Trinajstić information content (AvgIpc) is 2.61. The minimum absolute atomic E-state index is 0.104. The monoisotopic (exact) mass is 381 g/mol. The second kappa shape index (κ2) is 6.54. The molecular formula is C17H14F3N3O4. The normalized spacial score (nSPS) is 25.4. The number of pyridine rings is 1. The standard InChI is InChI=1S/C17H14F3N3O4/c18-17(19,20)16(27)12(14(25)10-2-1-7-21-8-10)13(22-15(26)23-16)9-3-5-11(24)6-4-9/h1-8,12-13,24,27H,(H2,22,23,26)/t12-,13+,16+/m1/s1. The number of hydrogen-bond acceptors (Lipinski definition) is 5. The van der Waals surface area contributed by atoms with Crippen molar-refractivity contribution in [2.45, 2.75) is 17.9 Å². The Morgan fingerprint density at radius 3 is 2.41 bits per heavy atom. The summed E-state index contributed by atoms with van der Waals surface area (Å²) in [5.74, 6) is -3.35. The summed E-state index contributed by atoms with van der Waals surface area (Å²) in [6.45, 7) is 0. The molecule has 142 valence electrons. The third-order valence-electron chi connectivity index (χ3n) is 4.29. The van der Waals surface area contributed by atoms with Crippen LogP contribution in [-0.4, -0.2) is 38.9 Å². The Kier molecular flexibility index (Phi) is 4.52. The number of amides is 2. The molecule has 27 heavy (non-hydrogen) atoms. The molecule has 0 spiro atoms. The van der Waals surface area contributed by atoms with Gasteiger partial charge >= 0.3 is 12.2 Å². The molecule has 2 amide bonds. The summed E-state index contributed by atoms with van der Waals surface area (Å²) in [6.07, 6.45) is -2.92. The SMILES string of the molecule is O=C1N[C@@H](c2ccc(O)cc2)[C@H](C(=O)c2cccnc2)[C@](O)(C(F)(F)F)N1. The molecule has 2 aromatic rings. The van der Waals surface area contributed by atoms with Crippen LogP contribution in [0.15, 0.2) is 48.8 Å². The Hall–Kier alpha value is -3.14. The zero-order chi connectivity index (χ0) is 19.8. The van der Waals surface area contributed by atoms with Crippen molar-refractivity contribution in [1.82, 2.24) is 15.6 Å². The van der Waals surface area contributed by atoms with Gasteiger partial charge in [-0.3, -0.25) is 9.78 Å². The van der Waals surface area contributed by atoms with Crippen LogP contribution in [0.4, 0.5) is 18.0 Å². The van der Waals surface area contributed by atoms with Crippen LogP contribution in [0.1, 0.15) is 22.0 Å². The lowest BCUT2D eigenvalue weighted by molar-refractivity contribution is -0.287. The van der Waals surface area contributed by atoms with E-state index in [9.17, 15) is 33.0 Å². The molecule has 2 heterocycles. The Morgan fingerprint density at radius 1 is 1.19 bits per heavy atom. The maximum atomic E-state index is 13.7. The number of halogens is 3. The van der Waals surface area contributed by atoms with Crippen molar-refractivity contribution in [3.05, 3.63) is 59.9 Å². The summed E-state index contributed by atoms with van der Waals surface area (Å²) in [6, 6.07) is 4.74. The fourth-order valence-electron chi connectivity index (χ4n) is 2.99. The highest BCUT2D eigenvalue weighted by Gasteiger charge is 2.66. The molecule has 4 N–H and O–H groups in total.